The van der Waals surface area contributed by atoms with E-state index in [1.165, 1.54) is 10.5 Å². The number of amides is 2. The van der Waals surface area contributed by atoms with E-state index in [1.807, 2.05) is 35.2 Å². The first-order chi connectivity index (χ1) is 17.5. The van der Waals surface area contributed by atoms with Crippen LogP contribution in [0.1, 0.15) is 24.0 Å². The van der Waals surface area contributed by atoms with Crippen molar-refractivity contribution in [3.63, 3.8) is 0 Å². The van der Waals surface area contributed by atoms with Gasteiger partial charge in [-0.05, 0) is 37.1 Å². The zero-order valence-electron chi connectivity index (χ0n) is 21.0. The predicted octanol–water partition coefficient (Wildman–Crippen LogP) is 2.70. The van der Waals surface area contributed by atoms with E-state index >= 15 is 0 Å². The first-order valence-corrected chi connectivity index (χ1v) is 12.8. The average molecular weight is 493 g/mol. The minimum Gasteiger partial charge on any atom is -0.445 e. The maximum Gasteiger partial charge on any atom is 0.410 e. The maximum atomic E-state index is 13.4. The quantitative estimate of drug-likeness (QED) is 0.669. The van der Waals surface area contributed by atoms with Crippen LogP contribution in [0.15, 0.2) is 60.7 Å². The van der Waals surface area contributed by atoms with Gasteiger partial charge in [0.1, 0.15) is 18.8 Å². The Labute approximate surface area is 213 Å². The fourth-order valence-corrected chi connectivity index (χ4v) is 5.79. The van der Waals surface area contributed by atoms with Crippen molar-refractivity contribution in [3.8, 4) is 0 Å². The molecule has 0 aromatic heterocycles. The van der Waals surface area contributed by atoms with E-state index in [2.05, 4.69) is 40.5 Å². The van der Waals surface area contributed by atoms with Crippen molar-refractivity contribution in [2.75, 3.05) is 53.0 Å². The molecule has 3 saturated heterocycles. The van der Waals surface area contributed by atoms with Gasteiger partial charge in [0.15, 0.2) is 0 Å². The molecule has 3 aliphatic heterocycles. The van der Waals surface area contributed by atoms with E-state index in [0.717, 1.165) is 44.6 Å². The molecule has 0 bridgehead atoms. The lowest BCUT2D eigenvalue weighted by molar-refractivity contribution is -0.167. The third-order valence-electron chi connectivity index (χ3n) is 7.89. The molecule has 3 aliphatic rings. The van der Waals surface area contributed by atoms with Crippen LogP contribution in [0.25, 0.3) is 0 Å². The number of fused-ring (bicyclic) bond motifs is 1. The lowest BCUT2D eigenvalue weighted by Crippen LogP contribution is -2.79. The van der Waals surface area contributed by atoms with Crippen molar-refractivity contribution in [1.29, 1.82) is 0 Å². The molecule has 8 nitrogen and oxygen atoms in total. The molecule has 3 fully saturated rings. The Morgan fingerprint density at radius 2 is 1.64 bits per heavy atom. The van der Waals surface area contributed by atoms with Crippen molar-refractivity contribution >= 4 is 12.0 Å². The Kier molecular flexibility index (Phi) is 7.27. The molecule has 1 atom stereocenters. The number of methoxy groups -OCH3 is 1. The van der Waals surface area contributed by atoms with Crippen molar-refractivity contribution in [1.82, 2.24) is 20.0 Å². The largest absolute Gasteiger partial charge is 0.445 e. The topological polar surface area (TPSA) is 74.3 Å². The third kappa shape index (κ3) is 5.26. The number of carbonyl (C=O) groups is 2. The summed E-state index contributed by atoms with van der Waals surface area (Å²) in [7, 11) is 1.64. The number of hydrogen-bond donors (Lipinski definition) is 1. The molecule has 1 unspecified atom stereocenters. The van der Waals surface area contributed by atoms with Crippen LogP contribution in [0.5, 0.6) is 0 Å². The fourth-order valence-electron chi connectivity index (χ4n) is 5.79. The molecule has 2 aromatic carbocycles. The molecule has 1 spiro atoms. The van der Waals surface area contributed by atoms with E-state index in [0.29, 0.717) is 19.7 Å². The summed E-state index contributed by atoms with van der Waals surface area (Å²) in [6.45, 7) is 5.33. The number of piperidine rings is 1. The lowest BCUT2D eigenvalue weighted by atomic mass is 9.74. The number of carbonyl (C=O) groups excluding carboxylic acids is 2. The summed E-state index contributed by atoms with van der Waals surface area (Å²) in [5.41, 5.74) is 1.55. The Hall–Kier alpha value is -2.94. The highest BCUT2D eigenvalue weighted by atomic mass is 16.6. The summed E-state index contributed by atoms with van der Waals surface area (Å²) in [5, 5.41) is 3.66. The number of nitrogens with zero attached hydrogens (tertiary/aromatic N) is 3. The molecule has 3 heterocycles. The molecular formula is C28H36N4O4. The van der Waals surface area contributed by atoms with E-state index in [9.17, 15) is 9.59 Å². The number of likely N-dealkylation sites (tertiary alicyclic amines) is 1. The van der Waals surface area contributed by atoms with Gasteiger partial charge >= 0.3 is 6.09 Å². The van der Waals surface area contributed by atoms with Gasteiger partial charge in [-0.3, -0.25) is 19.9 Å². The molecule has 8 heteroatoms. The highest BCUT2D eigenvalue weighted by molar-refractivity contribution is 5.84. The molecule has 5 rings (SSSR count). The molecule has 0 saturated carbocycles. The second kappa shape index (κ2) is 10.6. The normalized spacial score (nSPS) is 24.0. The number of hydrogen-bond acceptors (Lipinski definition) is 6. The first kappa shape index (κ1) is 24.7. The Balaban J connectivity index is 1.22. The average Bonchev–Trinajstić information content (AvgIpc) is 2.91. The SMILES string of the molecule is COCC12CN(C(=O)OCc3ccccc3)CC(=O)N1CC1(CCN(Cc3ccccc3)CC1)CN2. The van der Waals surface area contributed by atoms with Crippen molar-refractivity contribution in [3.05, 3.63) is 71.8 Å². The van der Waals surface area contributed by atoms with E-state index < -0.39 is 11.8 Å². The summed E-state index contributed by atoms with van der Waals surface area (Å²) in [6.07, 6.45) is 1.59. The first-order valence-electron chi connectivity index (χ1n) is 12.8. The minimum atomic E-state index is -0.734. The van der Waals surface area contributed by atoms with Gasteiger partial charge in [-0.1, -0.05) is 60.7 Å². The van der Waals surface area contributed by atoms with Crippen LogP contribution < -0.4 is 5.32 Å². The maximum absolute atomic E-state index is 13.4. The molecule has 0 radical (unpaired) electrons. The number of ether oxygens (including phenoxy) is 2. The van der Waals surface area contributed by atoms with Crippen molar-refractivity contribution < 1.29 is 19.1 Å². The van der Waals surface area contributed by atoms with Crippen LogP contribution in [-0.2, 0) is 27.4 Å². The summed E-state index contributed by atoms with van der Waals surface area (Å²) in [6, 6.07) is 20.1. The van der Waals surface area contributed by atoms with Crippen LogP contribution in [-0.4, -0.2) is 85.3 Å². The minimum absolute atomic E-state index is 0.0248. The molecular weight excluding hydrogens is 456 g/mol. The molecule has 192 valence electrons. The highest BCUT2D eigenvalue weighted by Crippen LogP contribution is 2.39. The molecule has 2 aromatic rings. The van der Waals surface area contributed by atoms with Crippen LogP contribution in [0, 0.1) is 5.41 Å². The fraction of sp³-hybridized carbons (Fsp3) is 0.500. The standard InChI is InChI=1S/C28H36N4O4/c1-35-22-28-21-31(26(34)36-18-24-10-6-3-7-11-24)17-25(33)32(28)20-27(19-29-28)12-14-30(15-13-27)16-23-8-4-2-5-9-23/h2-11,29H,12-22H2,1H3. The number of nitrogens with one attached hydrogen (secondary N) is 1. The van der Waals surface area contributed by atoms with Gasteiger partial charge in [0, 0.05) is 32.2 Å². The molecule has 36 heavy (non-hydrogen) atoms. The number of rotatable bonds is 6. The lowest BCUT2D eigenvalue weighted by Gasteiger charge is -2.59. The Morgan fingerprint density at radius 3 is 2.31 bits per heavy atom. The third-order valence-corrected chi connectivity index (χ3v) is 7.89. The Bertz CT molecular complexity index is 1040. The van der Waals surface area contributed by atoms with Gasteiger partial charge in [-0.25, -0.2) is 4.79 Å². The molecule has 1 N–H and O–H groups in total. The predicted molar refractivity (Wildman–Crippen MR) is 136 cm³/mol. The van der Waals surface area contributed by atoms with Crippen LogP contribution >= 0.6 is 0 Å². The van der Waals surface area contributed by atoms with Crippen molar-refractivity contribution in [2.24, 2.45) is 5.41 Å². The van der Waals surface area contributed by atoms with Gasteiger partial charge in [0.05, 0.1) is 13.2 Å². The highest BCUT2D eigenvalue weighted by Gasteiger charge is 2.54. The van der Waals surface area contributed by atoms with Gasteiger partial charge in [0.25, 0.3) is 0 Å². The van der Waals surface area contributed by atoms with E-state index in [4.69, 9.17) is 9.47 Å². The zero-order valence-corrected chi connectivity index (χ0v) is 21.0. The van der Waals surface area contributed by atoms with E-state index in [-0.39, 0.29) is 24.5 Å². The summed E-state index contributed by atoms with van der Waals surface area (Å²) in [4.78, 5) is 32.2. The summed E-state index contributed by atoms with van der Waals surface area (Å²) >= 11 is 0. The van der Waals surface area contributed by atoms with Crippen LogP contribution in [0.3, 0.4) is 0 Å². The van der Waals surface area contributed by atoms with Gasteiger partial charge in [0.2, 0.25) is 5.91 Å². The second-order valence-electron chi connectivity index (χ2n) is 10.5. The summed E-state index contributed by atoms with van der Waals surface area (Å²) in [5.74, 6) is -0.0618. The number of piperazine rings is 1. The zero-order chi connectivity index (χ0) is 25.0. The molecule has 2 amide bonds. The van der Waals surface area contributed by atoms with E-state index in [1.54, 1.807) is 7.11 Å². The van der Waals surface area contributed by atoms with Crippen molar-refractivity contribution in [2.45, 2.75) is 31.7 Å². The van der Waals surface area contributed by atoms with Crippen LogP contribution in [0.4, 0.5) is 4.79 Å². The second-order valence-corrected chi connectivity index (χ2v) is 10.5. The number of benzene rings is 2. The Morgan fingerprint density at radius 1 is 0.972 bits per heavy atom. The van der Waals surface area contributed by atoms with Gasteiger partial charge in [-0.15, -0.1) is 0 Å². The smallest absolute Gasteiger partial charge is 0.410 e. The van der Waals surface area contributed by atoms with Gasteiger partial charge < -0.3 is 14.4 Å². The summed E-state index contributed by atoms with van der Waals surface area (Å²) < 4.78 is 11.1. The molecule has 0 aliphatic carbocycles. The van der Waals surface area contributed by atoms with Gasteiger partial charge in [-0.2, -0.15) is 0 Å². The van der Waals surface area contributed by atoms with Crippen LogP contribution in [0.2, 0.25) is 0 Å². The monoisotopic (exact) mass is 492 g/mol.